The fourth-order valence-electron chi connectivity index (χ4n) is 3.95. The number of ether oxygens (including phenoxy) is 1. The number of carbonyl (C=O) groups excluding carboxylic acids is 1. The van der Waals surface area contributed by atoms with E-state index in [1.165, 1.54) is 0 Å². The number of carbonyl (C=O) groups is 1. The van der Waals surface area contributed by atoms with E-state index in [9.17, 15) is 4.79 Å². The molecule has 0 aliphatic carbocycles. The van der Waals surface area contributed by atoms with Gasteiger partial charge in [0, 0.05) is 17.5 Å². The first-order valence-corrected chi connectivity index (χ1v) is 10.6. The highest BCUT2D eigenvalue weighted by Gasteiger charge is 2.21. The van der Waals surface area contributed by atoms with Gasteiger partial charge in [0.2, 0.25) is 0 Å². The fraction of sp³-hybridized carbons (Fsp3) is 0.154. The molecule has 0 aliphatic heterocycles. The zero-order valence-electron chi connectivity index (χ0n) is 17.7. The number of para-hydroxylation sites is 4. The summed E-state index contributed by atoms with van der Waals surface area (Å²) >= 11 is 0. The highest BCUT2D eigenvalue weighted by molar-refractivity contribution is 5.99. The molecule has 5 rings (SSSR count). The summed E-state index contributed by atoms with van der Waals surface area (Å²) < 4.78 is 14.0. The second kappa shape index (κ2) is 8.59. The number of hydrogen-bond acceptors (Lipinski definition) is 4. The van der Waals surface area contributed by atoms with E-state index in [2.05, 4.69) is 21.8 Å². The Hall–Kier alpha value is -4.06. The smallest absolute Gasteiger partial charge is 0.287 e. The van der Waals surface area contributed by atoms with Crippen molar-refractivity contribution in [1.29, 1.82) is 0 Å². The Kier molecular flexibility index (Phi) is 5.34. The minimum atomic E-state index is -0.289. The molecule has 0 saturated heterocycles. The first-order valence-electron chi connectivity index (χ1n) is 10.6. The third-order valence-electron chi connectivity index (χ3n) is 5.49. The molecular weight excluding hydrogens is 402 g/mol. The van der Waals surface area contributed by atoms with E-state index in [1.807, 2.05) is 78.9 Å². The Morgan fingerprint density at radius 2 is 1.75 bits per heavy atom. The largest absolute Gasteiger partial charge is 0.489 e. The lowest BCUT2D eigenvalue weighted by Crippen LogP contribution is -2.25. The number of furan rings is 1. The van der Waals surface area contributed by atoms with Gasteiger partial charge in [-0.2, -0.15) is 0 Å². The minimum Gasteiger partial charge on any atom is -0.489 e. The number of hydrogen-bond donors (Lipinski definition) is 1. The van der Waals surface area contributed by atoms with Gasteiger partial charge in [-0.3, -0.25) is 4.79 Å². The van der Waals surface area contributed by atoms with Crippen molar-refractivity contribution in [2.45, 2.75) is 26.6 Å². The topological polar surface area (TPSA) is 69.3 Å². The van der Waals surface area contributed by atoms with Crippen molar-refractivity contribution in [3.8, 4) is 5.75 Å². The SMILES string of the molecule is CCn1c(CNC(=O)c2oc3ccccc3c2COc2ccccc2)nc2ccccc21. The first-order chi connectivity index (χ1) is 15.7. The van der Waals surface area contributed by atoms with Gasteiger partial charge in [-0.25, -0.2) is 4.98 Å². The molecule has 1 amide bonds. The van der Waals surface area contributed by atoms with Gasteiger partial charge in [-0.05, 0) is 37.3 Å². The summed E-state index contributed by atoms with van der Waals surface area (Å²) in [5.74, 6) is 1.52. The van der Waals surface area contributed by atoms with Crippen molar-refractivity contribution < 1.29 is 13.9 Å². The van der Waals surface area contributed by atoms with Crippen LogP contribution in [-0.2, 0) is 19.7 Å². The van der Waals surface area contributed by atoms with Crippen molar-refractivity contribution in [3.05, 3.63) is 96.0 Å². The number of amides is 1. The highest BCUT2D eigenvalue weighted by atomic mass is 16.5. The van der Waals surface area contributed by atoms with Gasteiger partial charge >= 0.3 is 0 Å². The van der Waals surface area contributed by atoms with Crippen molar-refractivity contribution in [2.75, 3.05) is 0 Å². The van der Waals surface area contributed by atoms with Gasteiger partial charge in [0.15, 0.2) is 5.76 Å². The van der Waals surface area contributed by atoms with Crippen molar-refractivity contribution in [1.82, 2.24) is 14.9 Å². The molecule has 6 nitrogen and oxygen atoms in total. The molecule has 1 N–H and O–H groups in total. The number of benzene rings is 3. The lowest BCUT2D eigenvalue weighted by Gasteiger charge is -2.09. The molecule has 160 valence electrons. The lowest BCUT2D eigenvalue weighted by atomic mass is 10.1. The number of rotatable bonds is 7. The van der Waals surface area contributed by atoms with Gasteiger partial charge in [-0.1, -0.05) is 48.5 Å². The number of aromatic nitrogens is 2. The van der Waals surface area contributed by atoms with E-state index in [0.29, 0.717) is 12.1 Å². The van der Waals surface area contributed by atoms with Gasteiger partial charge in [0.1, 0.15) is 23.8 Å². The minimum absolute atomic E-state index is 0.233. The molecule has 6 heteroatoms. The number of imidazole rings is 1. The summed E-state index contributed by atoms with van der Waals surface area (Å²) in [6.45, 7) is 3.37. The molecule has 2 aromatic heterocycles. The number of nitrogens with one attached hydrogen (secondary N) is 1. The normalized spacial score (nSPS) is 11.2. The molecule has 32 heavy (non-hydrogen) atoms. The van der Waals surface area contributed by atoms with E-state index < -0.39 is 0 Å². The van der Waals surface area contributed by atoms with Crippen LogP contribution >= 0.6 is 0 Å². The summed E-state index contributed by atoms with van der Waals surface area (Å²) in [5, 5.41) is 3.85. The Bertz CT molecular complexity index is 1390. The molecular formula is C26H23N3O3. The number of nitrogens with zero attached hydrogens (tertiary/aromatic N) is 2. The summed E-state index contributed by atoms with van der Waals surface area (Å²) in [4.78, 5) is 17.8. The summed E-state index contributed by atoms with van der Waals surface area (Å²) in [6, 6.07) is 25.1. The van der Waals surface area contributed by atoms with E-state index in [4.69, 9.17) is 9.15 Å². The monoisotopic (exact) mass is 425 g/mol. The first kappa shape index (κ1) is 19.9. The van der Waals surface area contributed by atoms with Gasteiger partial charge in [-0.15, -0.1) is 0 Å². The quantitative estimate of drug-likeness (QED) is 0.384. The molecule has 0 bridgehead atoms. The highest BCUT2D eigenvalue weighted by Crippen LogP contribution is 2.27. The Balaban J connectivity index is 1.41. The summed E-state index contributed by atoms with van der Waals surface area (Å²) in [7, 11) is 0. The standard InChI is InChI=1S/C26H23N3O3/c1-2-29-22-14-8-7-13-21(22)28-24(29)16-27-26(30)25-20(17-31-18-10-4-3-5-11-18)19-12-6-9-15-23(19)32-25/h3-15H,2,16-17H2,1H3,(H,27,30). The Labute approximate surface area is 185 Å². The van der Waals surface area contributed by atoms with E-state index >= 15 is 0 Å². The number of fused-ring (bicyclic) bond motifs is 2. The van der Waals surface area contributed by atoms with Crippen molar-refractivity contribution in [2.24, 2.45) is 0 Å². The molecule has 0 aliphatic rings. The van der Waals surface area contributed by atoms with Crippen LogP contribution in [0.5, 0.6) is 5.75 Å². The summed E-state index contributed by atoms with van der Waals surface area (Å²) in [5.41, 5.74) is 3.36. The molecule has 0 fully saturated rings. The predicted octanol–water partition coefficient (Wildman–Crippen LogP) is 5.31. The van der Waals surface area contributed by atoms with Crippen LogP contribution in [0.3, 0.4) is 0 Å². The van der Waals surface area contributed by atoms with Gasteiger partial charge < -0.3 is 19.0 Å². The third-order valence-corrected chi connectivity index (χ3v) is 5.49. The second-order valence-corrected chi connectivity index (χ2v) is 7.45. The van der Waals surface area contributed by atoms with E-state index in [1.54, 1.807) is 0 Å². The maximum absolute atomic E-state index is 13.1. The molecule has 0 atom stereocenters. The van der Waals surface area contributed by atoms with Crippen LogP contribution in [0, 0.1) is 0 Å². The third kappa shape index (κ3) is 3.71. The molecule has 0 radical (unpaired) electrons. The van der Waals surface area contributed by atoms with E-state index in [0.717, 1.165) is 40.1 Å². The molecule has 0 saturated carbocycles. The maximum Gasteiger partial charge on any atom is 0.287 e. The van der Waals surface area contributed by atoms with Gasteiger partial charge in [0.05, 0.1) is 17.6 Å². The average Bonchev–Trinajstić information content (AvgIpc) is 3.39. The van der Waals surface area contributed by atoms with Crippen LogP contribution < -0.4 is 10.1 Å². The Morgan fingerprint density at radius 1 is 1.00 bits per heavy atom. The van der Waals surface area contributed by atoms with Crippen LogP contribution in [0.4, 0.5) is 0 Å². The predicted molar refractivity (Wildman–Crippen MR) is 124 cm³/mol. The van der Waals surface area contributed by atoms with Crippen LogP contribution in [0.15, 0.2) is 83.3 Å². The average molecular weight is 425 g/mol. The molecule has 5 aromatic rings. The lowest BCUT2D eigenvalue weighted by molar-refractivity contribution is 0.0920. The zero-order valence-corrected chi connectivity index (χ0v) is 17.7. The molecule has 0 spiro atoms. The fourth-order valence-corrected chi connectivity index (χ4v) is 3.95. The molecule has 3 aromatic carbocycles. The second-order valence-electron chi connectivity index (χ2n) is 7.45. The van der Waals surface area contributed by atoms with Crippen LogP contribution in [0.2, 0.25) is 0 Å². The molecule has 0 unspecified atom stereocenters. The van der Waals surface area contributed by atoms with Crippen molar-refractivity contribution in [3.63, 3.8) is 0 Å². The maximum atomic E-state index is 13.1. The van der Waals surface area contributed by atoms with Crippen LogP contribution in [0.25, 0.3) is 22.0 Å². The number of aryl methyl sites for hydroxylation is 1. The zero-order chi connectivity index (χ0) is 21.9. The van der Waals surface area contributed by atoms with Crippen LogP contribution in [0.1, 0.15) is 28.9 Å². The summed E-state index contributed by atoms with van der Waals surface area (Å²) in [6.07, 6.45) is 0. The van der Waals surface area contributed by atoms with E-state index in [-0.39, 0.29) is 18.3 Å². The van der Waals surface area contributed by atoms with Gasteiger partial charge in [0.25, 0.3) is 5.91 Å². The van der Waals surface area contributed by atoms with Crippen LogP contribution in [-0.4, -0.2) is 15.5 Å². The van der Waals surface area contributed by atoms with Crippen molar-refractivity contribution >= 4 is 27.9 Å². The Morgan fingerprint density at radius 3 is 2.59 bits per heavy atom. The molecule has 2 heterocycles.